The van der Waals surface area contributed by atoms with Gasteiger partial charge in [0, 0.05) is 31.7 Å². The van der Waals surface area contributed by atoms with Crippen molar-refractivity contribution in [1.29, 1.82) is 0 Å². The molecule has 2 aromatic carbocycles. The predicted octanol–water partition coefficient (Wildman–Crippen LogP) is 4.26. The first kappa shape index (κ1) is 25.4. The average molecular weight is 438 g/mol. The molecule has 0 aliphatic carbocycles. The van der Waals surface area contributed by atoms with Crippen molar-refractivity contribution in [2.75, 3.05) is 13.1 Å². The highest BCUT2D eigenvalue weighted by molar-refractivity contribution is 5.85. The number of nitrogens with zero attached hydrogens (tertiary/aromatic N) is 1. The zero-order chi connectivity index (χ0) is 19.2. The van der Waals surface area contributed by atoms with Crippen molar-refractivity contribution in [2.24, 2.45) is 11.7 Å². The van der Waals surface area contributed by atoms with E-state index in [1.54, 1.807) is 0 Å². The van der Waals surface area contributed by atoms with Crippen LogP contribution in [0.3, 0.4) is 0 Å². The number of hydrogen-bond donors (Lipinski definition) is 2. The summed E-state index contributed by atoms with van der Waals surface area (Å²) in [4.78, 5) is 15.1. The van der Waals surface area contributed by atoms with Crippen molar-refractivity contribution >= 4 is 30.7 Å². The normalized spacial score (nSPS) is 16.8. The van der Waals surface area contributed by atoms with Crippen molar-refractivity contribution in [3.8, 4) is 0 Å². The van der Waals surface area contributed by atoms with Crippen LogP contribution in [0.5, 0.6) is 0 Å². The third-order valence-corrected chi connectivity index (χ3v) is 5.73. The molecule has 29 heavy (non-hydrogen) atoms. The van der Waals surface area contributed by atoms with Gasteiger partial charge in [-0.1, -0.05) is 61.5 Å². The summed E-state index contributed by atoms with van der Waals surface area (Å²) >= 11 is 0. The minimum absolute atomic E-state index is 0. The Balaban J connectivity index is 0.00000210. The Morgan fingerprint density at radius 1 is 1.07 bits per heavy atom. The number of rotatable bonds is 6. The number of benzene rings is 2. The van der Waals surface area contributed by atoms with Gasteiger partial charge in [-0.05, 0) is 36.5 Å². The standard InChI is InChI=1S/C23H31N3O.2ClH/c1-17-8-6-7-11-20(17)16-26-14-12-21(13-15-26)25-23(27)18(2)22(24)19-9-4-3-5-10-19;;/h3-11,18,21-22H,12-16,24H2,1-2H3,(H,25,27);2*1H. The lowest BCUT2D eigenvalue weighted by molar-refractivity contribution is -0.126. The number of nitrogens with one attached hydrogen (secondary N) is 1. The van der Waals surface area contributed by atoms with Gasteiger partial charge in [0.1, 0.15) is 0 Å². The van der Waals surface area contributed by atoms with Crippen molar-refractivity contribution in [1.82, 2.24) is 10.2 Å². The molecule has 6 heteroatoms. The van der Waals surface area contributed by atoms with Crippen molar-refractivity contribution in [3.63, 3.8) is 0 Å². The van der Waals surface area contributed by atoms with Crippen LogP contribution in [0, 0.1) is 12.8 Å². The maximum atomic E-state index is 12.6. The summed E-state index contributed by atoms with van der Waals surface area (Å²) < 4.78 is 0. The first-order valence-corrected chi connectivity index (χ1v) is 9.92. The Labute approximate surface area is 187 Å². The number of piperidine rings is 1. The second kappa shape index (κ2) is 12.2. The fourth-order valence-corrected chi connectivity index (χ4v) is 3.72. The Kier molecular flexibility index (Phi) is 10.7. The van der Waals surface area contributed by atoms with Crippen molar-refractivity contribution < 1.29 is 4.79 Å². The molecule has 0 radical (unpaired) electrons. The van der Waals surface area contributed by atoms with Gasteiger partial charge in [-0.2, -0.15) is 0 Å². The lowest BCUT2D eigenvalue weighted by Gasteiger charge is -2.33. The molecule has 0 bridgehead atoms. The highest BCUT2D eigenvalue weighted by Gasteiger charge is 2.26. The number of halogens is 2. The summed E-state index contributed by atoms with van der Waals surface area (Å²) in [5.41, 5.74) is 10.0. The number of likely N-dealkylation sites (tertiary alicyclic amines) is 1. The number of carbonyl (C=O) groups excluding carboxylic acids is 1. The van der Waals surface area contributed by atoms with Crippen LogP contribution in [0.2, 0.25) is 0 Å². The molecule has 1 heterocycles. The van der Waals surface area contributed by atoms with E-state index < -0.39 is 0 Å². The predicted molar refractivity (Wildman–Crippen MR) is 125 cm³/mol. The van der Waals surface area contributed by atoms with Gasteiger partial charge in [-0.15, -0.1) is 24.8 Å². The van der Waals surface area contributed by atoms with E-state index in [1.165, 1.54) is 11.1 Å². The molecule has 0 aromatic heterocycles. The number of carbonyl (C=O) groups is 1. The molecule has 3 rings (SSSR count). The second-order valence-electron chi connectivity index (χ2n) is 7.71. The minimum Gasteiger partial charge on any atom is -0.353 e. The maximum Gasteiger partial charge on any atom is 0.224 e. The van der Waals surface area contributed by atoms with Crippen LogP contribution in [0.25, 0.3) is 0 Å². The lowest BCUT2D eigenvalue weighted by atomic mass is 9.94. The second-order valence-corrected chi connectivity index (χ2v) is 7.71. The number of nitrogens with two attached hydrogens (primary N) is 1. The van der Waals surface area contributed by atoms with E-state index in [0.717, 1.165) is 38.0 Å². The highest BCUT2D eigenvalue weighted by atomic mass is 35.5. The molecule has 4 nitrogen and oxygen atoms in total. The van der Waals surface area contributed by atoms with E-state index >= 15 is 0 Å². The maximum absolute atomic E-state index is 12.6. The zero-order valence-electron chi connectivity index (χ0n) is 17.2. The minimum atomic E-state index is -0.271. The largest absolute Gasteiger partial charge is 0.353 e. The van der Waals surface area contributed by atoms with Crippen LogP contribution in [-0.4, -0.2) is 29.9 Å². The van der Waals surface area contributed by atoms with Gasteiger partial charge in [-0.3, -0.25) is 9.69 Å². The van der Waals surface area contributed by atoms with Crippen LogP contribution in [0.15, 0.2) is 54.6 Å². The molecule has 1 aliphatic rings. The molecule has 0 spiro atoms. The molecule has 1 amide bonds. The van der Waals surface area contributed by atoms with Gasteiger partial charge in [-0.25, -0.2) is 0 Å². The molecular formula is C23H33Cl2N3O. The van der Waals surface area contributed by atoms with Gasteiger partial charge in [0.25, 0.3) is 0 Å². The van der Waals surface area contributed by atoms with Crippen LogP contribution in [0.1, 0.15) is 42.5 Å². The summed E-state index contributed by atoms with van der Waals surface area (Å²) in [6.45, 7) is 7.10. The Morgan fingerprint density at radius 3 is 2.28 bits per heavy atom. The molecule has 2 unspecified atom stereocenters. The molecule has 2 atom stereocenters. The molecular weight excluding hydrogens is 405 g/mol. The molecule has 160 valence electrons. The molecule has 2 aromatic rings. The summed E-state index contributed by atoms with van der Waals surface area (Å²) in [5, 5.41) is 3.22. The van der Waals surface area contributed by atoms with Gasteiger partial charge in [0.2, 0.25) is 5.91 Å². The molecule has 3 N–H and O–H groups in total. The smallest absolute Gasteiger partial charge is 0.224 e. The number of aryl methyl sites for hydroxylation is 1. The van der Waals surface area contributed by atoms with Crippen LogP contribution in [0.4, 0.5) is 0 Å². The van der Waals surface area contributed by atoms with Crippen LogP contribution in [-0.2, 0) is 11.3 Å². The first-order chi connectivity index (χ1) is 13.0. The molecule has 1 fully saturated rings. The van der Waals surface area contributed by atoms with Gasteiger partial charge < -0.3 is 11.1 Å². The average Bonchev–Trinajstić information content (AvgIpc) is 2.70. The molecule has 1 aliphatic heterocycles. The van der Waals surface area contributed by atoms with E-state index in [0.29, 0.717) is 0 Å². The summed E-state index contributed by atoms with van der Waals surface area (Å²) in [5.74, 6) is -0.180. The van der Waals surface area contributed by atoms with E-state index in [-0.39, 0.29) is 48.7 Å². The van der Waals surface area contributed by atoms with Crippen molar-refractivity contribution in [3.05, 3.63) is 71.3 Å². The number of amides is 1. The zero-order valence-corrected chi connectivity index (χ0v) is 18.8. The third kappa shape index (κ3) is 7.00. The Morgan fingerprint density at radius 2 is 1.66 bits per heavy atom. The van der Waals surface area contributed by atoms with Crippen molar-refractivity contribution in [2.45, 2.75) is 45.3 Å². The Hall–Kier alpha value is -1.59. The SMILES string of the molecule is Cc1ccccc1CN1CCC(NC(=O)C(C)C(N)c2ccccc2)CC1.Cl.Cl. The highest BCUT2D eigenvalue weighted by Crippen LogP contribution is 2.21. The van der Waals surface area contributed by atoms with E-state index in [9.17, 15) is 4.79 Å². The first-order valence-electron chi connectivity index (χ1n) is 9.92. The van der Waals surface area contributed by atoms with Gasteiger partial charge in [0.15, 0.2) is 0 Å². The van der Waals surface area contributed by atoms with E-state index in [4.69, 9.17) is 5.73 Å². The summed E-state index contributed by atoms with van der Waals surface area (Å²) in [6.07, 6.45) is 1.98. The monoisotopic (exact) mass is 437 g/mol. The summed E-state index contributed by atoms with van der Waals surface area (Å²) in [7, 11) is 0. The molecule has 0 saturated carbocycles. The van der Waals surface area contributed by atoms with E-state index in [2.05, 4.69) is 41.4 Å². The van der Waals surface area contributed by atoms with E-state index in [1.807, 2.05) is 37.3 Å². The number of hydrogen-bond acceptors (Lipinski definition) is 3. The molecule has 1 saturated heterocycles. The van der Waals surface area contributed by atoms with Gasteiger partial charge >= 0.3 is 0 Å². The quantitative estimate of drug-likeness (QED) is 0.709. The lowest BCUT2D eigenvalue weighted by Crippen LogP contribution is -2.47. The summed E-state index contributed by atoms with van der Waals surface area (Å²) in [6, 6.07) is 18.4. The fraction of sp³-hybridized carbons (Fsp3) is 0.435. The van der Waals surface area contributed by atoms with Crippen LogP contribution >= 0.6 is 24.8 Å². The Bertz CT molecular complexity index is 749. The third-order valence-electron chi connectivity index (χ3n) is 5.73. The van der Waals surface area contributed by atoms with Crippen LogP contribution < -0.4 is 11.1 Å². The van der Waals surface area contributed by atoms with Gasteiger partial charge in [0.05, 0.1) is 5.92 Å². The fourth-order valence-electron chi connectivity index (χ4n) is 3.72. The topological polar surface area (TPSA) is 58.4 Å².